The van der Waals surface area contributed by atoms with Crippen molar-refractivity contribution in [3.05, 3.63) is 29.8 Å². The van der Waals surface area contributed by atoms with E-state index in [1.807, 2.05) is 26.0 Å². The van der Waals surface area contributed by atoms with Crippen LogP contribution in [0.15, 0.2) is 24.3 Å². The van der Waals surface area contributed by atoms with Crippen molar-refractivity contribution in [3.63, 3.8) is 0 Å². The van der Waals surface area contributed by atoms with E-state index in [2.05, 4.69) is 5.32 Å². The van der Waals surface area contributed by atoms with Gasteiger partial charge in [-0.05, 0) is 30.0 Å². The van der Waals surface area contributed by atoms with Crippen LogP contribution in [-0.4, -0.2) is 23.0 Å². The maximum atomic E-state index is 11.9. The molecular weight excluding hydrogens is 256 g/mol. The normalized spacial score (nSPS) is 13.6. The van der Waals surface area contributed by atoms with Gasteiger partial charge in [-0.15, -0.1) is 0 Å². The Morgan fingerprint density at radius 3 is 2.40 bits per heavy atom. The van der Waals surface area contributed by atoms with Gasteiger partial charge in [-0.2, -0.15) is 0 Å². The van der Waals surface area contributed by atoms with Crippen molar-refractivity contribution in [1.29, 1.82) is 0 Å². The highest BCUT2D eigenvalue weighted by atomic mass is 16.4. The van der Waals surface area contributed by atoms with Gasteiger partial charge in [0.2, 0.25) is 5.91 Å². The number of rotatable bonds is 7. The summed E-state index contributed by atoms with van der Waals surface area (Å²) in [4.78, 5) is 22.4. The Morgan fingerprint density at radius 2 is 1.90 bits per heavy atom. The third-order valence-corrected chi connectivity index (χ3v) is 3.41. The molecule has 0 aliphatic heterocycles. The number of hydrogen-bond donors (Lipinski definition) is 3. The molecule has 0 aliphatic carbocycles. The van der Waals surface area contributed by atoms with Crippen molar-refractivity contribution in [3.8, 4) is 0 Å². The number of carbonyl (C=O) groups is 2. The summed E-state index contributed by atoms with van der Waals surface area (Å²) in [5.41, 5.74) is 7.45. The molecule has 0 spiro atoms. The van der Waals surface area contributed by atoms with E-state index in [0.29, 0.717) is 12.1 Å². The van der Waals surface area contributed by atoms with Gasteiger partial charge < -0.3 is 16.2 Å². The van der Waals surface area contributed by atoms with Crippen LogP contribution in [0.5, 0.6) is 0 Å². The molecule has 0 aromatic heterocycles. The van der Waals surface area contributed by atoms with E-state index in [-0.39, 0.29) is 18.2 Å². The van der Waals surface area contributed by atoms with Crippen molar-refractivity contribution in [2.24, 2.45) is 11.7 Å². The molecule has 0 bridgehead atoms. The predicted octanol–water partition coefficient (Wildman–Crippen LogP) is 2.02. The zero-order valence-corrected chi connectivity index (χ0v) is 11.9. The first kappa shape index (κ1) is 16.2. The SMILES string of the molecule is CCC(C)C(N)C(=O)Nc1ccc(CCC(=O)O)cc1. The number of carboxylic acid groups (broad SMARTS) is 1. The minimum Gasteiger partial charge on any atom is -0.481 e. The molecule has 20 heavy (non-hydrogen) atoms. The van der Waals surface area contributed by atoms with Crippen LogP contribution >= 0.6 is 0 Å². The van der Waals surface area contributed by atoms with E-state index in [9.17, 15) is 9.59 Å². The van der Waals surface area contributed by atoms with Crippen molar-refractivity contribution in [2.75, 3.05) is 5.32 Å². The van der Waals surface area contributed by atoms with Crippen LogP contribution in [0.2, 0.25) is 0 Å². The number of aliphatic carboxylic acids is 1. The van der Waals surface area contributed by atoms with Gasteiger partial charge in [0.1, 0.15) is 0 Å². The maximum Gasteiger partial charge on any atom is 0.303 e. The van der Waals surface area contributed by atoms with Gasteiger partial charge >= 0.3 is 5.97 Å². The Bertz CT molecular complexity index is 457. The highest BCUT2D eigenvalue weighted by molar-refractivity contribution is 5.94. The van der Waals surface area contributed by atoms with Crippen LogP contribution in [0, 0.1) is 5.92 Å². The van der Waals surface area contributed by atoms with Crippen LogP contribution in [0.1, 0.15) is 32.3 Å². The first-order valence-electron chi connectivity index (χ1n) is 6.81. The predicted molar refractivity (Wildman–Crippen MR) is 78.5 cm³/mol. The second-order valence-corrected chi connectivity index (χ2v) is 4.99. The van der Waals surface area contributed by atoms with Crippen molar-refractivity contribution in [2.45, 2.75) is 39.2 Å². The zero-order valence-electron chi connectivity index (χ0n) is 11.9. The van der Waals surface area contributed by atoms with Crippen LogP contribution < -0.4 is 11.1 Å². The molecule has 1 aromatic rings. The van der Waals surface area contributed by atoms with E-state index in [1.54, 1.807) is 12.1 Å². The summed E-state index contributed by atoms with van der Waals surface area (Å²) in [6.07, 6.45) is 1.43. The van der Waals surface area contributed by atoms with Crippen molar-refractivity contribution in [1.82, 2.24) is 0 Å². The summed E-state index contributed by atoms with van der Waals surface area (Å²) in [6.45, 7) is 3.94. The largest absolute Gasteiger partial charge is 0.481 e. The number of carboxylic acids is 1. The van der Waals surface area contributed by atoms with E-state index in [4.69, 9.17) is 10.8 Å². The Hall–Kier alpha value is -1.88. The molecule has 0 radical (unpaired) electrons. The highest BCUT2D eigenvalue weighted by Gasteiger charge is 2.19. The molecule has 2 atom stereocenters. The van der Waals surface area contributed by atoms with Gasteiger partial charge in [0.05, 0.1) is 6.04 Å². The summed E-state index contributed by atoms with van der Waals surface area (Å²) < 4.78 is 0. The molecular formula is C15H22N2O3. The van der Waals surface area contributed by atoms with Gasteiger partial charge in [0.25, 0.3) is 0 Å². The summed E-state index contributed by atoms with van der Waals surface area (Å²) in [7, 11) is 0. The van der Waals surface area contributed by atoms with Crippen molar-refractivity contribution >= 4 is 17.6 Å². The highest BCUT2D eigenvalue weighted by Crippen LogP contribution is 2.13. The molecule has 5 heteroatoms. The van der Waals surface area contributed by atoms with Gasteiger partial charge in [-0.25, -0.2) is 0 Å². The number of hydrogen-bond acceptors (Lipinski definition) is 3. The third kappa shape index (κ3) is 5.01. The molecule has 0 fully saturated rings. The smallest absolute Gasteiger partial charge is 0.303 e. The lowest BCUT2D eigenvalue weighted by Crippen LogP contribution is -2.40. The Morgan fingerprint density at radius 1 is 1.30 bits per heavy atom. The zero-order chi connectivity index (χ0) is 15.1. The van der Waals surface area contributed by atoms with Gasteiger partial charge in [0.15, 0.2) is 0 Å². The number of carbonyl (C=O) groups excluding carboxylic acids is 1. The van der Waals surface area contributed by atoms with E-state index < -0.39 is 12.0 Å². The Balaban J connectivity index is 2.56. The molecule has 1 amide bonds. The van der Waals surface area contributed by atoms with E-state index in [0.717, 1.165) is 12.0 Å². The summed E-state index contributed by atoms with van der Waals surface area (Å²) >= 11 is 0. The van der Waals surface area contributed by atoms with Gasteiger partial charge in [-0.3, -0.25) is 9.59 Å². The molecule has 0 heterocycles. The van der Waals surface area contributed by atoms with E-state index in [1.165, 1.54) is 0 Å². The first-order chi connectivity index (χ1) is 9.43. The summed E-state index contributed by atoms with van der Waals surface area (Å²) in [5, 5.41) is 11.4. The fourth-order valence-electron chi connectivity index (χ4n) is 1.74. The molecule has 5 nitrogen and oxygen atoms in total. The molecule has 1 rings (SSSR count). The molecule has 110 valence electrons. The lowest BCUT2D eigenvalue weighted by Gasteiger charge is -2.17. The standard InChI is InChI=1S/C15H22N2O3/c1-3-10(2)14(16)15(20)17-12-7-4-11(5-8-12)6-9-13(18)19/h4-5,7-8,10,14H,3,6,9,16H2,1-2H3,(H,17,20)(H,18,19). The number of anilines is 1. The number of amides is 1. The quantitative estimate of drug-likeness (QED) is 0.711. The minimum absolute atomic E-state index is 0.102. The number of nitrogens with one attached hydrogen (secondary N) is 1. The molecule has 0 aliphatic rings. The topological polar surface area (TPSA) is 92.4 Å². The van der Waals surface area contributed by atoms with Crippen LogP contribution in [0.3, 0.4) is 0 Å². The van der Waals surface area contributed by atoms with Gasteiger partial charge in [-0.1, -0.05) is 32.4 Å². The third-order valence-electron chi connectivity index (χ3n) is 3.41. The van der Waals surface area contributed by atoms with Crippen LogP contribution in [0.25, 0.3) is 0 Å². The fourth-order valence-corrected chi connectivity index (χ4v) is 1.74. The summed E-state index contributed by atoms with van der Waals surface area (Å²) in [6, 6.07) is 6.63. The second-order valence-electron chi connectivity index (χ2n) is 4.99. The average Bonchev–Trinajstić information content (AvgIpc) is 2.44. The summed E-state index contributed by atoms with van der Waals surface area (Å²) in [5.74, 6) is -0.885. The molecule has 0 saturated carbocycles. The van der Waals surface area contributed by atoms with Crippen molar-refractivity contribution < 1.29 is 14.7 Å². The minimum atomic E-state index is -0.818. The van der Waals surface area contributed by atoms with Crippen LogP contribution in [0.4, 0.5) is 5.69 Å². The average molecular weight is 278 g/mol. The second kappa shape index (κ2) is 7.65. The van der Waals surface area contributed by atoms with E-state index >= 15 is 0 Å². The molecule has 0 saturated heterocycles. The monoisotopic (exact) mass is 278 g/mol. The number of aryl methyl sites for hydroxylation is 1. The Labute approximate surface area is 119 Å². The molecule has 4 N–H and O–H groups in total. The first-order valence-corrected chi connectivity index (χ1v) is 6.81. The fraction of sp³-hybridized carbons (Fsp3) is 0.467. The lowest BCUT2D eigenvalue weighted by atomic mass is 9.99. The Kier molecular flexibility index (Phi) is 6.18. The van der Waals surface area contributed by atoms with Gasteiger partial charge in [0, 0.05) is 12.1 Å². The molecule has 2 unspecified atom stereocenters. The number of benzene rings is 1. The maximum absolute atomic E-state index is 11.9. The number of nitrogens with two attached hydrogens (primary N) is 1. The molecule has 1 aromatic carbocycles. The lowest BCUT2D eigenvalue weighted by molar-refractivity contribution is -0.137. The van der Waals surface area contributed by atoms with Crippen LogP contribution in [-0.2, 0) is 16.0 Å².